The summed E-state index contributed by atoms with van der Waals surface area (Å²) in [4.78, 5) is 11.2. The molecule has 154 valence electrons. The maximum Gasteiger partial charge on any atom is 0.303 e. The average molecular weight is 391 g/mol. The molecular weight excluding hydrogens is 356 g/mol. The molecule has 2 nitrogen and oxygen atoms in total. The van der Waals surface area contributed by atoms with Gasteiger partial charge in [-0.1, -0.05) is 76.2 Å². The van der Waals surface area contributed by atoms with Crippen molar-refractivity contribution in [3.63, 3.8) is 0 Å². The molecule has 0 aliphatic heterocycles. The van der Waals surface area contributed by atoms with Gasteiger partial charge in [0.25, 0.3) is 0 Å². The maximum absolute atomic E-state index is 11.2. The van der Waals surface area contributed by atoms with Crippen molar-refractivity contribution in [2.24, 2.45) is 0 Å². The third-order valence-corrected chi connectivity index (χ3v) is 6.44. The molecule has 0 N–H and O–H groups in total. The smallest absolute Gasteiger partial charge is 0.303 e. The fourth-order valence-corrected chi connectivity index (χ4v) is 4.35. The van der Waals surface area contributed by atoms with Crippen LogP contribution < -0.4 is 0 Å². The summed E-state index contributed by atoms with van der Waals surface area (Å²) in [6.07, 6.45) is 4.46. The average Bonchev–Trinajstić information content (AvgIpc) is 2.65. The normalized spacial score (nSPS) is 18.7. The van der Waals surface area contributed by atoms with Crippen LogP contribution in [-0.4, -0.2) is 5.97 Å². The Morgan fingerprint density at radius 2 is 1.52 bits per heavy atom. The van der Waals surface area contributed by atoms with Crippen molar-refractivity contribution < 1.29 is 9.53 Å². The molecule has 0 heterocycles. The number of carbonyl (C=O) groups is 1. The lowest BCUT2D eigenvalue weighted by atomic mass is 9.63. The molecule has 2 aromatic carbocycles. The highest BCUT2D eigenvalue weighted by Crippen LogP contribution is 2.46. The quantitative estimate of drug-likeness (QED) is 0.407. The van der Waals surface area contributed by atoms with E-state index in [0.29, 0.717) is 0 Å². The van der Waals surface area contributed by atoms with Gasteiger partial charge < -0.3 is 4.74 Å². The molecule has 29 heavy (non-hydrogen) atoms. The summed E-state index contributed by atoms with van der Waals surface area (Å²) < 4.78 is 5.26. The van der Waals surface area contributed by atoms with Crippen LogP contribution in [0.1, 0.15) is 95.2 Å². The minimum Gasteiger partial charge on any atom is -0.458 e. The van der Waals surface area contributed by atoms with Gasteiger partial charge in [-0.15, -0.1) is 0 Å². The van der Waals surface area contributed by atoms with Crippen molar-refractivity contribution in [3.8, 4) is 0 Å². The van der Waals surface area contributed by atoms with Crippen LogP contribution in [0.25, 0.3) is 11.6 Å². The number of allylic oxidation sites excluding steroid dienone is 1. The maximum atomic E-state index is 11.2. The second kappa shape index (κ2) is 7.82. The van der Waals surface area contributed by atoms with E-state index in [9.17, 15) is 4.79 Å². The molecule has 0 radical (unpaired) electrons. The summed E-state index contributed by atoms with van der Waals surface area (Å²) in [6, 6.07) is 15.3. The largest absolute Gasteiger partial charge is 0.458 e. The Hall–Kier alpha value is -2.35. The van der Waals surface area contributed by atoms with Crippen LogP contribution in [0.15, 0.2) is 42.5 Å². The lowest BCUT2D eigenvalue weighted by molar-refractivity contribution is -0.145. The lowest BCUT2D eigenvalue weighted by Gasteiger charge is -2.42. The van der Waals surface area contributed by atoms with Crippen molar-refractivity contribution in [1.29, 1.82) is 0 Å². The Bertz CT molecular complexity index is 930. The third-order valence-electron chi connectivity index (χ3n) is 6.44. The zero-order valence-corrected chi connectivity index (χ0v) is 18.9. The van der Waals surface area contributed by atoms with E-state index in [4.69, 9.17) is 4.74 Å². The van der Waals surface area contributed by atoms with Crippen molar-refractivity contribution in [1.82, 2.24) is 0 Å². The molecule has 1 aliphatic rings. The minimum absolute atomic E-state index is 0.218. The predicted octanol–water partition coefficient (Wildman–Crippen LogP) is 7.22. The Balaban J connectivity index is 1.88. The topological polar surface area (TPSA) is 26.3 Å². The molecule has 0 spiro atoms. The summed E-state index contributed by atoms with van der Waals surface area (Å²) in [6.45, 7) is 15.0. The van der Waals surface area contributed by atoms with Crippen molar-refractivity contribution in [3.05, 3.63) is 70.3 Å². The summed E-state index contributed by atoms with van der Waals surface area (Å²) in [5, 5.41) is 0. The van der Waals surface area contributed by atoms with E-state index in [0.717, 1.165) is 11.1 Å². The highest BCUT2D eigenvalue weighted by Gasteiger charge is 2.36. The van der Waals surface area contributed by atoms with Crippen LogP contribution in [0, 0.1) is 0 Å². The number of rotatable bonds is 4. The molecule has 0 saturated carbocycles. The second-order valence-corrected chi connectivity index (χ2v) is 9.77. The second-order valence-electron chi connectivity index (χ2n) is 9.77. The van der Waals surface area contributed by atoms with Crippen molar-refractivity contribution >= 4 is 17.6 Å². The van der Waals surface area contributed by atoms with E-state index >= 15 is 0 Å². The molecule has 0 amide bonds. The highest BCUT2D eigenvalue weighted by atomic mass is 16.5. The molecule has 0 fully saturated rings. The zero-order chi connectivity index (χ0) is 21.4. The molecule has 1 atom stereocenters. The van der Waals surface area contributed by atoms with Gasteiger partial charge in [0.2, 0.25) is 0 Å². The standard InChI is InChI=1S/C27H34O2/c1-18(16-21-8-10-22(11-9-21)19(2)29-20(3)28)23-12-13-24-25(17-23)27(6,7)15-14-26(24,4)5/h8-13,16-17,19H,14-15H2,1-7H3/b18-16+. The van der Waals surface area contributed by atoms with Gasteiger partial charge in [0.1, 0.15) is 6.10 Å². The van der Waals surface area contributed by atoms with E-state index in [1.54, 1.807) is 0 Å². The van der Waals surface area contributed by atoms with E-state index in [2.05, 4.69) is 71.0 Å². The molecular formula is C27H34O2. The zero-order valence-electron chi connectivity index (χ0n) is 18.9. The Morgan fingerprint density at radius 1 is 0.931 bits per heavy atom. The Labute approximate surface area is 176 Å². The Morgan fingerprint density at radius 3 is 2.10 bits per heavy atom. The van der Waals surface area contributed by atoms with Gasteiger partial charge in [0.05, 0.1) is 0 Å². The Kier molecular flexibility index (Phi) is 5.76. The van der Waals surface area contributed by atoms with E-state index in [-0.39, 0.29) is 22.9 Å². The van der Waals surface area contributed by atoms with E-state index in [1.165, 1.54) is 42.0 Å². The van der Waals surface area contributed by atoms with E-state index < -0.39 is 0 Å². The minimum atomic E-state index is -0.254. The molecule has 1 unspecified atom stereocenters. The van der Waals surface area contributed by atoms with Crippen LogP contribution in [0.5, 0.6) is 0 Å². The molecule has 1 aliphatic carbocycles. The summed E-state index contributed by atoms with van der Waals surface area (Å²) in [5.74, 6) is -0.254. The molecule has 0 bridgehead atoms. The van der Waals surface area contributed by atoms with Crippen LogP contribution in [0.3, 0.4) is 0 Å². The van der Waals surface area contributed by atoms with Gasteiger partial charge in [0.15, 0.2) is 0 Å². The van der Waals surface area contributed by atoms with Gasteiger partial charge in [-0.05, 0) is 70.9 Å². The van der Waals surface area contributed by atoms with Crippen LogP contribution >= 0.6 is 0 Å². The number of esters is 1. The first-order valence-electron chi connectivity index (χ1n) is 10.6. The van der Waals surface area contributed by atoms with Gasteiger partial charge in [0, 0.05) is 6.92 Å². The lowest BCUT2D eigenvalue weighted by Crippen LogP contribution is -2.33. The SMILES string of the molecule is CC(=O)OC(C)c1ccc(/C=C(\C)c2ccc3c(c2)C(C)(C)CCC3(C)C)cc1. The third kappa shape index (κ3) is 4.63. The summed E-state index contributed by atoms with van der Waals surface area (Å²) >= 11 is 0. The molecule has 2 aromatic rings. The highest BCUT2D eigenvalue weighted by molar-refractivity contribution is 5.80. The molecule has 3 rings (SSSR count). The van der Waals surface area contributed by atoms with Crippen LogP contribution in [-0.2, 0) is 20.4 Å². The number of ether oxygens (including phenoxy) is 1. The number of hydrogen-bond acceptors (Lipinski definition) is 2. The number of fused-ring (bicyclic) bond motifs is 1. The first-order chi connectivity index (χ1) is 13.5. The first-order valence-corrected chi connectivity index (χ1v) is 10.6. The fourth-order valence-electron chi connectivity index (χ4n) is 4.35. The van der Waals surface area contributed by atoms with Gasteiger partial charge in [-0.2, -0.15) is 0 Å². The van der Waals surface area contributed by atoms with Crippen molar-refractivity contribution in [2.75, 3.05) is 0 Å². The van der Waals surface area contributed by atoms with Gasteiger partial charge >= 0.3 is 5.97 Å². The molecule has 2 heteroatoms. The number of carbonyl (C=O) groups excluding carboxylic acids is 1. The number of hydrogen-bond donors (Lipinski definition) is 0. The van der Waals surface area contributed by atoms with Gasteiger partial charge in [-0.3, -0.25) is 4.79 Å². The van der Waals surface area contributed by atoms with E-state index in [1.807, 2.05) is 19.1 Å². The van der Waals surface area contributed by atoms with Crippen molar-refractivity contribution in [2.45, 2.75) is 78.2 Å². The van der Waals surface area contributed by atoms with Crippen LogP contribution in [0.2, 0.25) is 0 Å². The summed E-state index contributed by atoms with van der Waals surface area (Å²) in [7, 11) is 0. The summed E-state index contributed by atoms with van der Waals surface area (Å²) in [5.41, 5.74) is 8.15. The predicted molar refractivity (Wildman–Crippen MR) is 122 cm³/mol. The molecule has 0 aromatic heterocycles. The first kappa shape index (κ1) is 21.4. The van der Waals surface area contributed by atoms with Crippen LogP contribution in [0.4, 0.5) is 0 Å². The van der Waals surface area contributed by atoms with Gasteiger partial charge in [-0.25, -0.2) is 0 Å². The fraction of sp³-hybridized carbons (Fsp3) is 0.444. The molecule has 0 saturated heterocycles. The monoisotopic (exact) mass is 390 g/mol. The number of benzene rings is 2.